The third-order valence-corrected chi connectivity index (χ3v) is 5.58. The molecule has 7 heteroatoms. The molecule has 0 bridgehead atoms. The predicted octanol–water partition coefficient (Wildman–Crippen LogP) is 4.48. The summed E-state index contributed by atoms with van der Waals surface area (Å²) in [4.78, 5) is 32.8. The molecule has 0 aliphatic carbocycles. The number of fused-ring (bicyclic) bond motifs is 2. The molecule has 0 fully saturated rings. The van der Waals surface area contributed by atoms with E-state index in [9.17, 15) is 4.79 Å². The van der Waals surface area contributed by atoms with Crippen molar-refractivity contribution in [3.63, 3.8) is 0 Å². The number of para-hydroxylation sites is 1. The van der Waals surface area contributed by atoms with Crippen LogP contribution < -0.4 is 4.90 Å². The van der Waals surface area contributed by atoms with Gasteiger partial charge in [-0.15, -0.1) is 0 Å². The minimum Gasteiger partial charge on any atom is -0.278 e. The predicted molar refractivity (Wildman–Crippen MR) is 114 cm³/mol. The summed E-state index contributed by atoms with van der Waals surface area (Å²) in [5.41, 5.74) is 3.63. The van der Waals surface area contributed by atoms with Crippen LogP contribution in [0.1, 0.15) is 16.1 Å². The molecule has 0 atom stereocenters. The maximum absolute atomic E-state index is 13.5. The lowest BCUT2D eigenvalue weighted by Crippen LogP contribution is -2.30. The van der Waals surface area contributed by atoms with Gasteiger partial charge in [-0.25, -0.2) is 4.98 Å². The van der Waals surface area contributed by atoms with Crippen molar-refractivity contribution in [3.8, 4) is 0 Å². The van der Waals surface area contributed by atoms with Crippen LogP contribution in [0.15, 0.2) is 79.3 Å². The number of aromatic nitrogens is 4. The van der Waals surface area contributed by atoms with Gasteiger partial charge in [-0.2, -0.15) is 0 Å². The van der Waals surface area contributed by atoms with Crippen LogP contribution in [0, 0.1) is 0 Å². The molecule has 0 radical (unpaired) electrons. The van der Waals surface area contributed by atoms with E-state index in [4.69, 9.17) is 0 Å². The second-order valence-corrected chi connectivity index (χ2v) is 7.45. The molecule has 3 heterocycles. The van der Waals surface area contributed by atoms with Crippen LogP contribution in [0.3, 0.4) is 0 Å². The zero-order valence-corrected chi connectivity index (χ0v) is 16.1. The van der Waals surface area contributed by atoms with E-state index in [1.165, 1.54) is 11.3 Å². The molecule has 3 aromatic heterocycles. The molecule has 5 aromatic rings. The number of carbonyl (C=O) groups excluding carboxylic acids is 1. The minimum absolute atomic E-state index is 0.151. The van der Waals surface area contributed by atoms with E-state index >= 15 is 0 Å². The van der Waals surface area contributed by atoms with Crippen LogP contribution in [-0.4, -0.2) is 25.8 Å². The molecule has 1 amide bonds. The van der Waals surface area contributed by atoms with E-state index < -0.39 is 0 Å². The fourth-order valence-electron chi connectivity index (χ4n) is 3.11. The molecule has 0 aliphatic heterocycles. The summed E-state index contributed by atoms with van der Waals surface area (Å²) >= 11 is 1.49. The lowest BCUT2D eigenvalue weighted by atomic mass is 10.1. The molecule has 0 aliphatic rings. The molecule has 0 N–H and O–H groups in total. The quantitative estimate of drug-likeness (QED) is 0.447. The van der Waals surface area contributed by atoms with Crippen molar-refractivity contribution in [2.75, 3.05) is 4.90 Å². The van der Waals surface area contributed by atoms with Gasteiger partial charge in [0.25, 0.3) is 5.91 Å². The van der Waals surface area contributed by atoms with Gasteiger partial charge in [-0.1, -0.05) is 29.5 Å². The fourth-order valence-corrected chi connectivity index (χ4v) is 4.07. The summed E-state index contributed by atoms with van der Waals surface area (Å²) in [6.45, 7) is 0.331. The Bertz CT molecular complexity index is 1290. The van der Waals surface area contributed by atoms with Gasteiger partial charge in [-0.05, 0) is 42.5 Å². The van der Waals surface area contributed by atoms with Gasteiger partial charge < -0.3 is 0 Å². The molecule has 29 heavy (non-hydrogen) atoms. The second kappa shape index (κ2) is 7.37. The number of hydrogen-bond donors (Lipinski definition) is 0. The maximum atomic E-state index is 13.5. The van der Waals surface area contributed by atoms with Crippen LogP contribution in [0.4, 0.5) is 5.13 Å². The number of anilines is 1. The van der Waals surface area contributed by atoms with E-state index in [2.05, 4.69) is 19.9 Å². The molecule has 0 saturated carbocycles. The highest BCUT2D eigenvalue weighted by Crippen LogP contribution is 2.30. The SMILES string of the molecule is O=C(c1ccc2nccnc2c1)N(Cc1ccccn1)c1nc2ccccc2s1. The summed E-state index contributed by atoms with van der Waals surface area (Å²) in [5, 5.41) is 0.640. The summed E-state index contributed by atoms with van der Waals surface area (Å²) in [7, 11) is 0. The molecular formula is C22H15N5OS. The van der Waals surface area contributed by atoms with Gasteiger partial charge in [-0.3, -0.25) is 24.6 Å². The molecule has 0 saturated heterocycles. The summed E-state index contributed by atoms with van der Waals surface area (Å²) in [6, 6.07) is 18.9. The molecular weight excluding hydrogens is 382 g/mol. The molecule has 0 spiro atoms. The van der Waals surface area contributed by atoms with Crippen molar-refractivity contribution in [1.82, 2.24) is 19.9 Å². The number of thiazole rings is 1. The third-order valence-electron chi connectivity index (χ3n) is 4.52. The highest BCUT2D eigenvalue weighted by atomic mass is 32.1. The average molecular weight is 397 g/mol. The van der Waals surface area contributed by atoms with Crippen LogP contribution in [-0.2, 0) is 6.54 Å². The Morgan fingerprint density at radius 1 is 0.828 bits per heavy atom. The Balaban J connectivity index is 1.58. The number of pyridine rings is 1. The van der Waals surface area contributed by atoms with E-state index in [1.807, 2.05) is 48.5 Å². The van der Waals surface area contributed by atoms with E-state index in [0.29, 0.717) is 22.8 Å². The van der Waals surface area contributed by atoms with Gasteiger partial charge >= 0.3 is 0 Å². The van der Waals surface area contributed by atoms with Crippen LogP contribution >= 0.6 is 11.3 Å². The zero-order chi connectivity index (χ0) is 19.6. The molecule has 0 unspecified atom stereocenters. The smallest absolute Gasteiger partial charge is 0.260 e. The Morgan fingerprint density at radius 2 is 1.66 bits per heavy atom. The highest BCUT2D eigenvalue weighted by Gasteiger charge is 2.22. The van der Waals surface area contributed by atoms with Crippen molar-refractivity contribution >= 4 is 43.6 Å². The van der Waals surface area contributed by atoms with Crippen LogP contribution in [0.5, 0.6) is 0 Å². The first kappa shape index (κ1) is 17.4. The topological polar surface area (TPSA) is 71.9 Å². The van der Waals surface area contributed by atoms with Crippen molar-refractivity contribution < 1.29 is 4.79 Å². The fraction of sp³-hybridized carbons (Fsp3) is 0.0455. The van der Waals surface area contributed by atoms with Crippen LogP contribution in [0.2, 0.25) is 0 Å². The lowest BCUT2D eigenvalue weighted by molar-refractivity contribution is 0.0985. The first-order valence-corrected chi connectivity index (χ1v) is 9.88. The molecule has 5 rings (SSSR count). The summed E-state index contributed by atoms with van der Waals surface area (Å²) < 4.78 is 1.03. The summed E-state index contributed by atoms with van der Waals surface area (Å²) in [5.74, 6) is -0.151. The van der Waals surface area contributed by atoms with Gasteiger partial charge in [0.2, 0.25) is 0 Å². The normalized spacial score (nSPS) is 11.0. The number of rotatable bonds is 4. The Kier molecular flexibility index (Phi) is 4.42. The lowest BCUT2D eigenvalue weighted by Gasteiger charge is -2.19. The van der Waals surface area contributed by atoms with E-state index in [0.717, 1.165) is 21.4 Å². The number of hydrogen-bond acceptors (Lipinski definition) is 6. The zero-order valence-electron chi connectivity index (χ0n) is 15.3. The number of carbonyl (C=O) groups is 1. The summed E-state index contributed by atoms with van der Waals surface area (Å²) in [6.07, 6.45) is 4.98. The van der Waals surface area contributed by atoms with Crippen LogP contribution in [0.25, 0.3) is 21.3 Å². The standard InChI is InChI=1S/C22H15N5OS/c28-21(15-8-9-17-19(13-15)25-12-11-24-17)27(14-16-5-3-4-10-23-16)22-26-18-6-1-2-7-20(18)29-22/h1-13H,14H2. The third kappa shape index (κ3) is 3.43. The second-order valence-electron chi connectivity index (χ2n) is 6.44. The number of nitrogens with zero attached hydrogens (tertiary/aromatic N) is 5. The Morgan fingerprint density at radius 3 is 2.48 bits per heavy atom. The van der Waals surface area contributed by atoms with Gasteiger partial charge in [0, 0.05) is 24.2 Å². The molecule has 6 nitrogen and oxygen atoms in total. The van der Waals surface area contributed by atoms with Crippen molar-refractivity contribution in [2.24, 2.45) is 0 Å². The largest absolute Gasteiger partial charge is 0.278 e. The number of amides is 1. The first-order valence-electron chi connectivity index (χ1n) is 9.06. The molecule has 2 aromatic carbocycles. The Hall–Kier alpha value is -3.71. The van der Waals surface area contributed by atoms with Crippen molar-refractivity contribution in [1.29, 1.82) is 0 Å². The van der Waals surface area contributed by atoms with Gasteiger partial charge in [0.05, 0.1) is 33.5 Å². The van der Waals surface area contributed by atoms with Gasteiger partial charge in [0.15, 0.2) is 5.13 Å². The van der Waals surface area contributed by atoms with E-state index in [-0.39, 0.29) is 5.91 Å². The monoisotopic (exact) mass is 397 g/mol. The van der Waals surface area contributed by atoms with E-state index in [1.54, 1.807) is 35.6 Å². The average Bonchev–Trinajstić information content (AvgIpc) is 3.21. The van der Waals surface area contributed by atoms with Crippen molar-refractivity contribution in [2.45, 2.75) is 6.54 Å². The van der Waals surface area contributed by atoms with Gasteiger partial charge in [0.1, 0.15) is 0 Å². The molecule has 140 valence electrons. The maximum Gasteiger partial charge on any atom is 0.260 e. The van der Waals surface area contributed by atoms with Crippen molar-refractivity contribution in [3.05, 3.63) is 90.5 Å². The number of benzene rings is 2. The highest BCUT2D eigenvalue weighted by molar-refractivity contribution is 7.22. The minimum atomic E-state index is -0.151. The Labute approximate surface area is 170 Å². The first-order chi connectivity index (χ1) is 14.3.